The lowest BCUT2D eigenvalue weighted by Gasteiger charge is -2.32. The summed E-state index contributed by atoms with van der Waals surface area (Å²) in [4.78, 5) is 11.7. The Balaban J connectivity index is 3.08. The van der Waals surface area contributed by atoms with Gasteiger partial charge in [0.15, 0.2) is 5.78 Å². The highest BCUT2D eigenvalue weighted by Crippen LogP contribution is 2.39. The van der Waals surface area contributed by atoms with Gasteiger partial charge in [-0.2, -0.15) is 0 Å². The van der Waals surface area contributed by atoms with Crippen LogP contribution >= 0.6 is 0 Å². The van der Waals surface area contributed by atoms with Crippen LogP contribution in [0.2, 0.25) is 0 Å². The maximum absolute atomic E-state index is 11.7. The van der Waals surface area contributed by atoms with Gasteiger partial charge in [0, 0.05) is 6.42 Å². The zero-order valence-corrected chi connectivity index (χ0v) is 11.6. The molecule has 0 spiro atoms. The second-order valence-electron chi connectivity index (χ2n) is 5.89. The largest absolute Gasteiger partial charge is 0.386 e. The van der Waals surface area contributed by atoms with Crippen molar-refractivity contribution in [2.45, 2.75) is 59.5 Å². The summed E-state index contributed by atoms with van der Waals surface area (Å²) in [5.74, 6) is 0.236. The summed E-state index contributed by atoms with van der Waals surface area (Å²) in [6.45, 7) is 9.94. The zero-order valence-electron chi connectivity index (χ0n) is 11.6. The summed E-state index contributed by atoms with van der Waals surface area (Å²) in [6, 6.07) is 0. The molecule has 1 unspecified atom stereocenters. The summed E-state index contributed by atoms with van der Waals surface area (Å²) in [6.07, 6.45) is 5.95. The maximum Gasteiger partial charge on any atom is 0.158 e. The number of carbonyl (C=O) groups is 1. The molecular weight excluding hydrogens is 212 g/mol. The second kappa shape index (κ2) is 4.77. The Bertz CT molecular complexity index is 370. The van der Waals surface area contributed by atoms with E-state index in [0.717, 1.165) is 17.6 Å². The fourth-order valence-electron chi connectivity index (χ4n) is 2.14. The number of aliphatic hydroxyl groups is 1. The molecule has 0 aromatic heterocycles. The lowest BCUT2D eigenvalue weighted by Crippen LogP contribution is -2.25. The van der Waals surface area contributed by atoms with Crippen LogP contribution in [0.5, 0.6) is 0 Å². The molecule has 0 saturated carbocycles. The monoisotopic (exact) mass is 236 g/mol. The molecule has 1 N–H and O–H groups in total. The molecule has 2 heteroatoms. The van der Waals surface area contributed by atoms with Gasteiger partial charge in [-0.05, 0) is 43.3 Å². The first-order valence-corrected chi connectivity index (χ1v) is 6.36. The van der Waals surface area contributed by atoms with Crippen LogP contribution in [0.25, 0.3) is 0 Å². The molecule has 96 valence electrons. The van der Waals surface area contributed by atoms with Crippen molar-refractivity contribution in [1.29, 1.82) is 0 Å². The summed E-state index contributed by atoms with van der Waals surface area (Å²) >= 11 is 0. The van der Waals surface area contributed by atoms with E-state index in [1.807, 2.05) is 26.0 Å². The van der Waals surface area contributed by atoms with Crippen molar-refractivity contribution in [3.63, 3.8) is 0 Å². The van der Waals surface area contributed by atoms with Gasteiger partial charge in [-0.3, -0.25) is 4.79 Å². The molecule has 1 rings (SSSR count). The average Bonchev–Trinajstić information content (AvgIpc) is 2.24. The number of rotatable bonds is 3. The Labute approximate surface area is 104 Å². The molecule has 0 aliphatic heterocycles. The van der Waals surface area contributed by atoms with Crippen LogP contribution in [0.4, 0.5) is 0 Å². The van der Waals surface area contributed by atoms with E-state index in [4.69, 9.17) is 0 Å². The van der Waals surface area contributed by atoms with Crippen LogP contribution in [0.3, 0.4) is 0 Å². The van der Waals surface area contributed by atoms with Gasteiger partial charge >= 0.3 is 0 Å². The highest BCUT2D eigenvalue weighted by Gasteiger charge is 2.31. The molecule has 0 bridgehead atoms. The fraction of sp³-hybridized carbons (Fsp3) is 0.667. The first-order valence-electron chi connectivity index (χ1n) is 6.36. The van der Waals surface area contributed by atoms with Gasteiger partial charge in [-0.1, -0.05) is 32.9 Å². The van der Waals surface area contributed by atoms with Crippen molar-refractivity contribution in [3.05, 3.63) is 23.3 Å². The Morgan fingerprint density at radius 1 is 1.47 bits per heavy atom. The molecule has 0 saturated heterocycles. The molecule has 17 heavy (non-hydrogen) atoms. The van der Waals surface area contributed by atoms with Crippen molar-refractivity contribution >= 4 is 5.78 Å². The summed E-state index contributed by atoms with van der Waals surface area (Å²) < 4.78 is 0. The Morgan fingerprint density at radius 3 is 2.59 bits per heavy atom. The van der Waals surface area contributed by atoms with Crippen LogP contribution in [-0.4, -0.2) is 16.5 Å². The third-order valence-corrected chi connectivity index (χ3v) is 3.85. The SMILES string of the molecule is CCC(C)(O)C=CC1=C(C)C(=O)CCC1(C)C. The summed E-state index contributed by atoms with van der Waals surface area (Å²) in [5, 5.41) is 9.98. The van der Waals surface area contributed by atoms with Crippen LogP contribution in [0.1, 0.15) is 53.9 Å². The van der Waals surface area contributed by atoms with Crippen molar-refractivity contribution in [3.8, 4) is 0 Å². The Hall–Kier alpha value is -0.890. The first-order chi connectivity index (χ1) is 7.69. The molecule has 0 aromatic carbocycles. The van der Waals surface area contributed by atoms with Gasteiger partial charge in [0.1, 0.15) is 0 Å². The molecular formula is C15H24O2. The quantitative estimate of drug-likeness (QED) is 0.815. The Kier molecular flexibility index (Phi) is 3.98. The average molecular weight is 236 g/mol. The van der Waals surface area contributed by atoms with Gasteiger partial charge in [0.2, 0.25) is 0 Å². The molecule has 1 aliphatic carbocycles. The molecule has 0 aromatic rings. The van der Waals surface area contributed by atoms with E-state index in [9.17, 15) is 9.90 Å². The molecule has 1 aliphatic rings. The maximum atomic E-state index is 11.7. The highest BCUT2D eigenvalue weighted by molar-refractivity contribution is 5.97. The van der Waals surface area contributed by atoms with Gasteiger partial charge in [0.05, 0.1) is 5.60 Å². The first kappa shape index (κ1) is 14.2. The minimum atomic E-state index is -0.788. The van der Waals surface area contributed by atoms with E-state index in [-0.39, 0.29) is 11.2 Å². The molecule has 2 nitrogen and oxygen atoms in total. The number of ketones is 1. The third kappa shape index (κ3) is 3.29. The van der Waals surface area contributed by atoms with Crippen molar-refractivity contribution in [1.82, 2.24) is 0 Å². The van der Waals surface area contributed by atoms with E-state index in [1.54, 1.807) is 6.92 Å². The fourth-order valence-corrected chi connectivity index (χ4v) is 2.14. The van der Waals surface area contributed by atoms with E-state index in [2.05, 4.69) is 13.8 Å². The molecule has 0 heterocycles. The van der Waals surface area contributed by atoms with E-state index in [1.165, 1.54) is 0 Å². The van der Waals surface area contributed by atoms with Crippen molar-refractivity contribution in [2.75, 3.05) is 0 Å². The van der Waals surface area contributed by atoms with Crippen LogP contribution in [0, 0.1) is 5.41 Å². The van der Waals surface area contributed by atoms with Gasteiger partial charge in [0.25, 0.3) is 0 Å². The lowest BCUT2D eigenvalue weighted by atomic mass is 9.72. The van der Waals surface area contributed by atoms with Crippen molar-refractivity contribution in [2.24, 2.45) is 5.41 Å². The lowest BCUT2D eigenvalue weighted by molar-refractivity contribution is -0.116. The minimum absolute atomic E-state index is 0.0261. The number of allylic oxidation sites excluding steroid dienone is 3. The number of hydrogen-bond donors (Lipinski definition) is 1. The zero-order chi connectivity index (χ0) is 13.3. The number of Topliss-reactive ketones (excluding diaryl/α,β-unsaturated/α-hetero) is 1. The van der Waals surface area contributed by atoms with E-state index in [0.29, 0.717) is 12.8 Å². The minimum Gasteiger partial charge on any atom is -0.386 e. The Morgan fingerprint density at radius 2 is 2.06 bits per heavy atom. The highest BCUT2D eigenvalue weighted by atomic mass is 16.3. The van der Waals surface area contributed by atoms with Gasteiger partial charge in [-0.15, -0.1) is 0 Å². The van der Waals surface area contributed by atoms with Crippen LogP contribution in [-0.2, 0) is 4.79 Å². The molecule has 1 atom stereocenters. The second-order valence-corrected chi connectivity index (χ2v) is 5.89. The van der Waals surface area contributed by atoms with Crippen molar-refractivity contribution < 1.29 is 9.90 Å². The summed E-state index contributed by atoms with van der Waals surface area (Å²) in [7, 11) is 0. The molecule has 0 radical (unpaired) electrons. The van der Waals surface area contributed by atoms with Crippen LogP contribution in [0.15, 0.2) is 23.3 Å². The predicted octanol–water partition coefficient (Wildman–Crippen LogP) is 3.41. The van der Waals surface area contributed by atoms with E-state index < -0.39 is 5.60 Å². The normalized spacial score (nSPS) is 24.2. The topological polar surface area (TPSA) is 37.3 Å². The van der Waals surface area contributed by atoms with Gasteiger partial charge in [-0.25, -0.2) is 0 Å². The standard InChI is InChI=1S/C15H24O2/c1-6-15(5,17)10-7-12-11(2)13(16)8-9-14(12,3)4/h7,10,17H,6,8-9H2,1-5H3. The van der Waals surface area contributed by atoms with Gasteiger partial charge < -0.3 is 5.11 Å². The van der Waals surface area contributed by atoms with E-state index >= 15 is 0 Å². The predicted molar refractivity (Wildman–Crippen MR) is 70.8 cm³/mol. The molecule has 0 amide bonds. The number of hydrogen-bond acceptors (Lipinski definition) is 2. The third-order valence-electron chi connectivity index (χ3n) is 3.85. The summed E-state index contributed by atoms with van der Waals surface area (Å²) in [5.41, 5.74) is 1.16. The van der Waals surface area contributed by atoms with Crippen LogP contribution < -0.4 is 0 Å². The smallest absolute Gasteiger partial charge is 0.158 e. The molecule has 0 fully saturated rings. The number of carbonyl (C=O) groups excluding carboxylic acids is 1.